The van der Waals surface area contributed by atoms with E-state index in [4.69, 9.17) is 10.5 Å². The van der Waals surface area contributed by atoms with Crippen LogP contribution in [0, 0.1) is 0 Å². The second-order valence-corrected chi connectivity index (χ2v) is 9.26. The number of ether oxygens (including phenoxy) is 1. The number of fused-ring (bicyclic) bond motifs is 2. The Hall–Kier alpha value is -4.31. The summed E-state index contributed by atoms with van der Waals surface area (Å²) < 4.78 is 6.92. The second-order valence-electron chi connectivity index (χ2n) is 8.28. The SMILES string of the molecule is CCOC(=O)C1=C(C)N=c2s/c(=C3\C(=O)N(CC(N)=O)c4ccccc43)c(=O)n2[C@H]1c1ccccc1. The van der Waals surface area contributed by atoms with E-state index >= 15 is 0 Å². The van der Waals surface area contributed by atoms with Gasteiger partial charge in [-0.05, 0) is 25.5 Å². The highest BCUT2D eigenvalue weighted by molar-refractivity contribution is 7.07. The van der Waals surface area contributed by atoms with Gasteiger partial charge in [0.2, 0.25) is 5.91 Å². The van der Waals surface area contributed by atoms with Crippen molar-refractivity contribution in [2.75, 3.05) is 18.1 Å². The number of nitrogens with zero attached hydrogens (tertiary/aromatic N) is 3. The largest absolute Gasteiger partial charge is 0.463 e. The van der Waals surface area contributed by atoms with Crippen LogP contribution in [0.15, 0.2) is 75.7 Å². The maximum Gasteiger partial charge on any atom is 0.338 e. The molecule has 3 aromatic rings. The Kier molecular flexibility index (Phi) is 5.89. The standard InChI is InChI=1S/C26H22N4O5S/c1-3-35-25(34)19-14(2)28-26-30(21(19)15-9-5-4-6-10-15)24(33)22(36-26)20-16-11-7-8-12-17(16)29(23(20)32)13-18(27)31/h4-12,21H,3,13H2,1-2H3,(H2,27,31)/b22-20-/t21-/m0/s1. The van der Waals surface area contributed by atoms with Gasteiger partial charge < -0.3 is 10.5 Å². The number of amides is 2. The van der Waals surface area contributed by atoms with Gasteiger partial charge in [0, 0.05) is 5.56 Å². The number of para-hydroxylation sites is 1. The molecule has 0 bridgehead atoms. The molecule has 0 saturated carbocycles. The average molecular weight is 503 g/mol. The lowest BCUT2D eigenvalue weighted by molar-refractivity contribution is -0.139. The molecular weight excluding hydrogens is 480 g/mol. The number of aromatic nitrogens is 1. The zero-order valence-electron chi connectivity index (χ0n) is 19.6. The monoisotopic (exact) mass is 502 g/mol. The highest BCUT2D eigenvalue weighted by Crippen LogP contribution is 2.35. The molecular formula is C26H22N4O5S. The van der Waals surface area contributed by atoms with Crippen LogP contribution in [-0.4, -0.2) is 35.5 Å². The van der Waals surface area contributed by atoms with Crippen molar-refractivity contribution in [3.05, 3.63) is 96.7 Å². The summed E-state index contributed by atoms with van der Waals surface area (Å²) in [6, 6.07) is 15.3. The Morgan fingerprint density at radius 3 is 2.47 bits per heavy atom. The molecule has 36 heavy (non-hydrogen) atoms. The summed E-state index contributed by atoms with van der Waals surface area (Å²) in [7, 11) is 0. The van der Waals surface area contributed by atoms with Gasteiger partial charge in [-0.3, -0.25) is 23.9 Å². The first-order chi connectivity index (χ1) is 17.3. The predicted molar refractivity (Wildman–Crippen MR) is 134 cm³/mol. The van der Waals surface area contributed by atoms with E-state index in [2.05, 4.69) is 4.99 Å². The van der Waals surface area contributed by atoms with E-state index in [0.717, 1.165) is 11.3 Å². The normalized spacial score (nSPS) is 18.0. The van der Waals surface area contributed by atoms with Crippen LogP contribution in [0.25, 0.3) is 5.57 Å². The van der Waals surface area contributed by atoms with Crippen LogP contribution in [0.3, 0.4) is 0 Å². The first kappa shape index (κ1) is 23.4. The molecule has 0 radical (unpaired) electrons. The lowest BCUT2D eigenvalue weighted by atomic mass is 9.96. The van der Waals surface area contributed by atoms with Gasteiger partial charge in [0.05, 0.1) is 35.2 Å². The summed E-state index contributed by atoms with van der Waals surface area (Å²) in [4.78, 5) is 58.2. The number of esters is 1. The van der Waals surface area contributed by atoms with E-state index in [9.17, 15) is 19.2 Å². The summed E-state index contributed by atoms with van der Waals surface area (Å²) in [6.07, 6.45) is 0. The number of carbonyl (C=O) groups is 3. The van der Waals surface area contributed by atoms with Crippen LogP contribution < -0.4 is 25.5 Å². The number of allylic oxidation sites excluding steroid dienone is 1. The smallest absolute Gasteiger partial charge is 0.338 e. The van der Waals surface area contributed by atoms with Crippen LogP contribution in [0.2, 0.25) is 0 Å². The number of nitrogens with two attached hydrogens (primary N) is 1. The third-order valence-electron chi connectivity index (χ3n) is 6.07. The molecule has 2 N–H and O–H groups in total. The van der Waals surface area contributed by atoms with Crippen LogP contribution in [0.4, 0.5) is 5.69 Å². The van der Waals surface area contributed by atoms with E-state index in [1.165, 1.54) is 9.47 Å². The van der Waals surface area contributed by atoms with Crippen molar-refractivity contribution in [2.45, 2.75) is 19.9 Å². The fourth-order valence-electron chi connectivity index (χ4n) is 4.60. The molecule has 0 spiro atoms. The minimum Gasteiger partial charge on any atom is -0.463 e. The third kappa shape index (κ3) is 3.66. The Balaban J connectivity index is 1.81. The van der Waals surface area contributed by atoms with Gasteiger partial charge in [-0.25, -0.2) is 9.79 Å². The van der Waals surface area contributed by atoms with E-state index in [-0.39, 0.29) is 28.8 Å². The van der Waals surface area contributed by atoms with Crippen molar-refractivity contribution in [2.24, 2.45) is 10.7 Å². The molecule has 1 aromatic heterocycles. The molecule has 0 unspecified atom stereocenters. The molecule has 2 aliphatic heterocycles. The summed E-state index contributed by atoms with van der Waals surface area (Å²) >= 11 is 1.07. The van der Waals surface area contributed by atoms with Crippen LogP contribution in [0.5, 0.6) is 0 Å². The Morgan fingerprint density at radius 1 is 1.08 bits per heavy atom. The minimum atomic E-state index is -0.774. The molecule has 0 saturated heterocycles. The van der Waals surface area contributed by atoms with Crippen molar-refractivity contribution >= 4 is 40.4 Å². The summed E-state index contributed by atoms with van der Waals surface area (Å²) in [5, 5.41) is 0. The van der Waals surface area contributed by atoms with Crippen LogP contribution in [-0.2, 0) is 19.1 Å². The maximum absolute atomic E-state index is 14.0. The molecule has 2 amide bonds. The number of benzene rings is 2. The number of thiazole rings is 1. The molecule has 0 aliphatic carbocycles. The molecule has 10 heteroatoms. The molecule has 5 rings (SSSR count). The molecule has 182 valence electrons. The number of carbonyl (C=O) groups excluding carboxylic acids is 3. The van der Waals surface area contributed by atoms with Gasteiger partial charge in [0.1, 0.15) is 11.1 Å². The van der Waals surface area contributed by atoms with Crippen LogP contribution >= 0.6 is 11.3 Å². The molecule has 2 aliphatic rings. The third-order valence-corrected chi connectivity index (χ3v) is 7.13. The minimum absolute atomic E-state index is 0.173. The Bertz CT molecular complexity index is 1630. The molecule has 2 aromatic carbocycles. The Labute approximate surface area is 209 Å². The van der Waals surface area contributed by atoms with Gasteiger partial charge in [-0.2, -0.15) is 0 Å². The van der Waals surface area contributed by atoms with Crippen molar-refractivity contribution in [1.82, 2.24) is 4.57 Å². The van der Waals surface area contributed by atoms with Crippen molar-refractivity contribution in [1.29, 1.82) is 0 Å². The fourth-order valence-corrected chi connectivity index (χ4v) is 5.74. The van der Waals surface area contributed by atoms with Gasteiger partial charge in [-0.1, -0.05) is 59.9 Å². The number of rotatable bonds is 5. The summed E-state index contributed by atoms with van der Waals surface area (Å²) in [5.74, 6) is -1.71. The fraction of sp³-hybridized carbons (Fsp3) is 0.192. The van der Waals surface area contributed by atoms with Gasteiger partial charge in [0.25, 0.3) is 11.5 Å². The van der Waals surface area contributed by atoms with Gasteiger partial charge in [-0.15, -0.1) is 0 Å². The van der Waals surface area contributed by atoms with Crippen molar-refractivity contribution < 1.29 is 19.1 Å². The van der Waals surface area contributed by atoms with Crippen LogP contribution in [0.1, 0.15) is 31.0 Å². The Morgan fingerprint density at radius 2 is 1.78 bits per heavy atom. The topological polar surface area (TPSA) is 124 Å². The highest BCUT2D eigenvalue weighted by Gasteiger charge is 2.37. The van der Waals surface area contributed by atoms with Gasteiger partial charge in [0.15, 0.2) is 4.80 Å². The zero-order valence-corrected chi connectivity index (χ0v) is 20.4. The van der Waals surface area contributed by atoms with Crippen molar-refractivity contribution in [3.63, 3.8) is 0 Å². The molecule has 9 nitrogen and oxygen atoms in total. The lowest BCUT2D eigenvalue weighted by Crippen LogP contribution is -2.41. The number of anilines is 1. The first-order valence-electron chi connectivity index (χ1n) is 11.3. The highest BCUT2D eigenvalue weighted by atomic mass is 32.1. The number of primary amides is 1. The lowest BCUT2D eigenvalue weighted by Gasteiger charge is -2.24. The van der Waals surface area contributed by atoms with E-state index in [0.29, 0.717) is 27.3 Å². The number of hydrogen-bond donors (Lipinski definition) is 1. The molecule has 3 heterocycles. The van der Waals surface area contributed by atoms with Crippen molar-refractivity contribution in [3.8, 4) is 0 Å². The molecule has 0 fully saturated rings. The predicted octanol–water partition coefficient (Wildman–Crippen LogP) is 1.00. The van der Waals surface area contributed by atoms with E-state index in [1.807, 2.05) is 30.3 Å². The number of hydrogen-bond acceptors (Lipinski definition) is 7. The second kappa shape index (κ2) is 9.04. The van der Waals surface area contributed by atoms with Gasteiger partial charge >= 0.3 is 5.97 Å². The zero-order chi connectivity index (χ0) is 25.6. The van der Waals surface area contributed by atoms with E-state index < -0.39 is 29.4 Å². The summed E-state index contributed by atoms with van der Waals surface area (Å²) in [6.45, 7) is 3.28. The van der Waals surface area contributed by atoms with E-state index in [1.54, 1.807) is 38.1 Å². The quantitative estimate of drug-likeness (QED) is 0.522. The average Bonchev–Trinajstić information content (AvgIpc) is 3.31. The first-order valence-corrected chi connectivity index (χ1v) is 12.1. The maximum atomic E-state index is 14.0. The summed E-state index contributed by atoms with van der Waals surface area (Å²) in [5.41, 5.74) is 7.56. The molecule has 1 atom stereocenters.